The van der Waals surface area contributed by atoms with Crippen LogP contribution in [-0.4, -0.2) is 72.6 Å². The Balaban J connectivity index is 1.78. The van der Waals surface area contributed by atoms with E-state index in [1.165, 1.54) is 23.5 Å². The molecule has 24 heavy (non-hydrogen) atoms. The van der Waals surface area contributed by atoms with Crippen molar-refractivity contribution in [1.29, 1.82) is 0 Å². The van der Waals surface area contributed by atoms with Gasteiger partial charge in [0.2, 0.25) is 11.1 Å². The Bertz CT molecular complexity index is 653. The number of fused-ring (bicyclic) bond motifs is 1. The number of carbonyl (C=O) groups is 2. The third-order valence-electron chi connectivity index (χ3n) is 4.02. The molecule has 1 aromatic rings. The monoisotopic (exact) mass is 372 g/mol. The van der Waals surface area contributed by atoms with Crippen molar-refractivity contribution in [2.45, 2.75) is 36.5 Å². The highest BCUT2D eigenvalue weighted by Gasteiger charge is 2.56. The van der Waals surface area contributed by atoms with Gasteiger partial charge in [0.15, 0.2) is 0 Å². The van der Waals surface area contributed by atoms with Gasteiger partial charge in [-0.25, -0.2) is 4.68 Å². The van der Waals surface area contributed by atoms with Gasteiger partial charge < -0.3 is 15.4 Å². The lowest BCUT2D eigenvalue weighted by Gasteiger charge is -2.53. The number of nitrogens with two attached hydrogens (primary N) is 1. The van der Waals surface area contributed by atoms with E-state index in [0.29, 0.717) is 23.2 Å². The Kier molecular flexibility index (Phi) is 4.76. The molecule has 9 nitrogen and oxygen atoms in total. The van der Waals surface area contributed by atoms with Crippen LogP contribution >= 0.6 is 23.5 Å². The van der Waals surface area contributed by atoms with E-state index in [1.807, 2.05) is 13.8 Å². The Hall–Kier alpha value is -1.33. The van der Waals surface area contributed by atoms with Crippen LogP contribution in [0.5, 0.6) is 0 Å². The second kappa shape index (κ2) is 6.52. The van der Waals surface area contributed by atoms with E-state index in [4.69, 9.17) is 10.5 Å². The van der Waals surface area contributed by atoms with Gasteiger partial charge in [-0.3, -0.25) is 9.59 Å². The largest absolute Gasteiger partial charge is 0.462 e. The number of ether oxygens (including phenoxy) is 1. The van der Waals surface area contributed by atoms with Gasteiger partial charge in [-0.2, -0.15) is 0 Å². The number of aryl methyl sites for hydroxylation is 1. The minimum absolute atomic E-state index is 0.0426. The molecule has 1 aromatic heterocycles. The van der Waals surface area contributed by atoms with Crippen LogP contribution in [0, 0.1) is 5.41 Å². The summed E-state index contributed by atoms with van der Waals surface area (Å²) in [4.78, 5) is 26.4. The normalized spacial score (nSPS) is 29.4. The quantitative estimate of drug-likeness (QED) is 0.414. The standard InChI is InChI=1S/C13H20N6O3S2/c1-7(2)22-11(21)13(6-24-12-15-16-17-18(12)3)4-19-9(20)8(14)10(19)23-5-13/h7-8,10H,4-6,14H2,1-3H3/t8?,10-,13?/m1/s1. The van der Waals surface area contributed by atoms with Crippen LogP contribution in [0.1, 0.15) is 13.8 Å². The van der Waals surface area contributed by atoms with Crippen LogP contribution in [0.15, 0.2) is 5.16 Å². The Morgan fingerprint density at radius 1 is 1.58 bits per heavy atom. The molecule has 11 heteroatoms. The zero-order valence-electron chi connectivity index (χ0n) is 13.7. The number of tetrazole rings is 1. The first-order valence-electron chi connectivity index (χ1n) is 7.58. The number of rotatable bonds is 5. The first kappa shape index (κ1) is 17.5. The van der Waals surface area contributed by atoms with Gasteiger partial charge in [0.25, 0.3) is 0 Å². The fourth-order valence-electron chi connectivity index (χ4n) is 2.68. The smallest absolute Gasteiger partial charge is 0.315 e. The third kappa shape index (κ3) is 3.00. The SMILES string of the molecule is CC(C)OC(=O)C1(CSc2nnnn2C)CS[C@@H]2C(N)C(=O)N2C1. The molecule has 3 atom stereocenters. The molecule has 0 radical (unpaired) electrons. The van der Waals surface area contributed by atoms with Gasteiger partial charge in [0, 0.05) is 25.1 Å². The van der Waals surface area contributed by atoms with Gasteiger partial charge in [0.05, 0.1) is 6.10 Å². The van der Waals surface area contributed by atoms with E-state index in [1.54, 1.807) is 16.6 Å². The number of hydrogen-bond acceptors (Lipinski definition) is 9. The van der Waals surface area contributed by atoms with Crippen LogP contribution in [0.25, 0.3) is 0 Å². The van der Waals surface area contributed by atoms with Crippen molar-refractivity contribution < 1.29 is 14.3 Å². The topological polar surface area (TPSA) is 116 Å². The van der Waals surface area contributed by atoms with Gasteiger partial charge in [0.1, 0.15) is 16.8 Å². The lowest BCUT2D eigenvalue weighted by molar-refractivity contribution is -0.162. The molecule has 132 valence electrons. The van der Waals surface area contributed by atoms with E-state index in [9.17, 15) is 9.59 Å². The summed E-state index contributed by atoms with van der Waals surface area (Å²) in [5.74, 6) is 0.586. The van der Waals surface area contributed by atoms with Crippen LogP contribution in [0.3, 0.4) is 0 Å². The van der Waals surface area contributed by atoms with Crippen molar-refractivity contribution in [2.75, 3.05) is 18.1 Å². The molecule has 0 spiro atoms. The summed E-state index contributed by atoms with van der Waals surface area (Å²) in [6.45, 7) is 3.95. The lowest BCUT2D eigenvalue weighted by atomic mass is 9.89. The predicted octanol–water partition coefficient (Wildman–Crippen LogP) is -0.517. The number of hydrogen-bond donors (Lipinski definition) is 1. The summed E-state index contributed by atoms with van der Waals surface area (Å²) in [6.07, 6.45) is -0.215. The van der Waals surface area contributed by atoms with Crippen LogP contribution in [-0.2, 0) is 21.4 Å². The molecule has 0 aromatic carbocycles. The second-order valence-corrected chi connectivity index (χ2v) is 8.35. The maximum absolute atomic E-state index is 12.8. The second-order valence-electron chi connectivity index (χ2n) is 6.30. The highest BCUT2D eigenvalue weighted by molar-refractivity contribution is 8.00. The van der Waals surface area contributed by atoms with E-state index < -0.39 is 11.5 Å². The van der Waals surface area contributed by atoms with Gasteiger partial charge in [-0.05, 0) is 24.3 Å². The molecule has 0 aliphatic carbocycles. The average Bonchev–Trinajstić information content (AvgIpc) is 2.96. The number of carbonyl (C=O) groups excluding carboxylic acids is 2. The number of nitrogens with zero attached hydrogens (tertiary/aromatic N) is 5. The number of amides is 1. The molecule has 3 heterocycles. The number of thioether (sulfide) groups is 2. The van der Waals surface area contributed by atoms with E-state index in [-0.39, 0.29) is 23.4 Å². The Morgan fingerprint density at radius 3 is 2.96 bits per heavy atom. The zero-order valence-corrected chi connectivity index (χ0v) is 15.3. The Morgan fingerprint density at radius 2 is 2.33 bits per heavy atom. The van der Waals surface area contributed by atoms with E-state index in [2.05, 4.69) is 15.5 Å². The maximum atomic E-state index is 12.8. The molecular formula is C13H20N6O3S2. The average molecular weight is 372 g/mol. The molecular weight excluding hydrogens is 352 g/mol. The van der Waals surface area contributed by atoms with E-state index in [0.717, 1.165) is 0 Å². The van der Waals surface area contributed by atoms with Gasteiger partial charge in [-0.1, -0.05) is 11.8 Å². The minimum Gasteiger partial charge on any atom is -0.462 e. The van der Waals surface area contributed by atoms with Crippen molar-refractivity contribution in [3.05, 3.63) is 0 Å². The zero-order chi connectivity index (χ0) is 17.5. The molecule has 0 saturated carbocycles. The van der Waals surface area contributed by atoms with Crippen molar-refractivity contribution in [3.8, 4) is 0 Å². The molecule has 2 aliphatic heterocycles. The van der Waals surface area contributed by atoms with Gasteiger partial charge in [-0.15, -0.1) is 16.9 Å². The highest BCUT2D eigenvalue weighted by atomic mass is 32.2. The molecule has 2 fully saturated rings. The molecule has 3 rings (SSSR count). The summed E-state index contributed by atoms with van der Waals surface area (Å²) in [6, 6.07) is -0.468. The van der Waals surface area contributed by atoms with Crippen LogP contribution < -0.4 is 5.73 Å². The van der Waals surface area contributed by atoms with Crippen molar-refractivity contribution in [3.63, 3.8) is 0 Å². The maximum Gasteiger partial charge on any atom is 0.315 e. The van der Waals surface area contributed by atoms with Crippen LogP contribution in [0.2, 0.25) is 0 Å². The van der Waals surface area contributed by atoms with Crippen LogP contribution in [0.4, 0.5) is 0 Å². The first-order valence-corrected chi connectivity index (χ1v) is 9.61. The van der Waals surface area contributed by atoms with E-state index >= 15 is 0 Å². The molecule has 2 aliphatic rings. The number of β-lactam (4-membered cyclic amide) rings is 1. The number of aromatic nitrogens is 4. The summed E-state index contributed by atoms with van der Waals surface area (Å²) < 4.78 is 7.02. The highest BCUT2D eigenvalue weighted by Crippen LogP contribution is 2.44. The lowest BCUT2D eigenvalue weighted by Crippen LogP contribution is -2.72. The van der Waals surface area contributed by atoms with Crippen molar-refractivity contribution >= 4 is 35.4 Å². The minimum atomic E-state index is -0.794. The summed E-state index contributed by atoms with van der Waals surface area (Å²) >= 11 is 2.92. The van der Waals surface area contributed by atoms with Gasteiger partial charge >= 0.3 is 5.97 Å². The van der Waals surface area contributed by atoms with Crippen molar-refractivity contribution in [2.24, 2.45) is 18.2 Å². The summed E-state index contributed by atoms with van der Waals surface area (Å²) in [5, 5.41) is 11.9. The molecule has 2 N–H and O–H groups in total. The first-order chi connectivity index (χ1) is 11.3. The van der Waals surface area contributed by atoms with Crippen molar-refractivity contribution in [1.82, 2.24) is 25.1 Å². The predicted molar refractivity (Wildman–Crippen MR) is 89.1 cm³/mol. The fourth-order valence-corrected chi connectivity index (χ4v) is 5.33. The molecule has 0 bridgehead atoms. The molecule has 2 unspecified atom stereocenters. The summed E-state index contributed by atoms with van der Waals surface area (Å²) in [5.41, 5.74) is 5.04. The third-order valence-corrected chi connectivity index (χ3v) is 6.93. The molecule has 1 amide bonds. The fraction of sp³-hybridized carbons (Fsp3) is 0.769. The summed E-state index contributed by atoms with van der Waals surface area (Å²) in [7, 11) is 1.74. The molecule has 2 saturated heterocycles. The Labute approximate surface area is 148 Å². The number of esters is 1.